The quantitative estimate of drug-likeness (QED) is 0.487. The number of methoxy groups -OCH3 is 1. The number of hydrogen-bond acceptors (Lipinski definition) is 4. The van der Waals surface area contributed by atoms with E-state index in [2.05, 4.69) is 10.1 Å². The van der Waals surface area contributed by atoms with Crippen LogP contribution in [0.3, 0.4) is 0 Å². The first-order valence-electron chi connectivity index (χ1n) is 4.34. The molecule has 0 aromatic heterocycles. The summed E-state index contributed by atoms with van der Waals surface area (Å²) in [7, 11) is 1.48. The number of rotatable bonds is 8. The second kappa shape index (κ2) is 9.44. The summed E-state index contributed by atoms with van der Waals surface area (Å²) >= 11 is 0. The van der Waals surface area contributed by atoms with Crippen molar-refractivity contribution in [2.24, 2.45) is 5.73 Å². The highest BCUT2D eigenvalue weighted by Crippen LogP contribution is 1.78. The van der Waals surface area contributed by atoms with Gasteiger partial charge in [-0.1, -0.05) is 0 Å². The van der Waals surface area contributed by atoms with E-state index < -0.39 is 0 Å². The molecule has 0 rings (SSSR count). The van der Waals surface area contributed by atoms with Gasteiger partial charge in [0.1, 0.15) is 6.61 Å². The van der Waals surface area contributed by atoms with Crippen LogP contribution in [0.25, 0.3) is 0 Å². The molecule has 78 valence electrons. The average Bonchev–Trinajstić information content (AvgIpc) is 2.11. The van der Waals surface area contributed by atoms with Gasteiger partial charge in [0.05, 0.1) is 6.61 Å². The van der Waals surface area contributed by atoms with Gasteiger partial charge in [-0.3, -0.25) is 4.79 Å². The average molecular weight is 190 g/mol. The van der Waals surface area contributed by atoms with Gasteiger partial charge in [-0.2, -0.15) is 0 Å². The van der Waals surface area contributed by atoms with Gasteiger partial charge >= 0.3 is 0 Å². The highest BCUT2D eigenvalue weighted by atomic mass is 16.5. The van der Waals surface area contributed by atoms with Crippen LogP contribution in [-0.4, -0.2) is 45.9 Å². The van der Waals surface area contributed by atoms with Crippen molar-refractivity contribution in [2.75, 3.05) is 40.0 Å². The maximum atomic E-state index is 10.8. The zero-order chi connectivity index (χ0) is 9.94. The molecule has 13 heavy (non-hydrogen) atoms. The second-order valence-corrected chi connectivity index (χ2v) is 2.54. The van der Waals surface area contributed by atoms with E-state index in [0.29, 0.717) is 26.3 Å². The van der Waals surface area contributed by atoms with Crippen LogP contribution in [-0.2, 0) is 14.3 Å². The number of amides is 1. The van der Waals surface area contributed by atoms with Crippen molar-refractivity contribution in [3.05, 3.63) is 0 Å². The van der Waals surface area contributed by atoms with E-state index in [1.807, 2.05) is 0 Å². The summed E-state index contributed by atoms with van der Waals surface area (Å²) in [6.07, 6.45) is 0.853. The first kappa shape index (κ1) is 12.3. The molecule has 0 heterocycles. The van der Waals surface area contributed by atoms with E-state index >= 15 is 0 Å². The molecule has 0 saturated heterocycles. The molecule has 0 aliphatic rings. The monoisotopic (exact) mass is 190 g/mol. The van der Waals surface area contributed by atoms with Gasteiger partial charge in [-0.05, 0) is 13.0 Å². The molecule has 0 bridgehead atoms. The Morgan fingerprint density at radius 3 is 2.85 bits per heavy atom. The summed E-state index contributed by atoms with van der Waals surface area (Å²) in [5.41, 5.74) is 5.26. The van der Waals surface area contributed by atoms with Crippen LogP contribution in [0.2, 0.25) is 0 Å². The van der Waals surface area contributed by atoms with Crippen molar-refractivity contribution in [2.45, 2.75) is 6.42 Å². The molecule has 0 saturated carbocycles. The highest BCUT2D eigenvalue weighted by Gasteiger charge is 1.97. The molecule has 0 atom stereocenters. The molecule has 5 heteroatoms. The van der Waals surface area contributed by atoms with E-state index in [1.54, 1.807) is 0 Å². The predicted octanol–water partition coefficient (Wildman–Crippen LogP) is -0.886. The zero-order valence-corrected chi connectivity index (χ0v) is 8.04. The summed E-state index contributed by atoms with van der Waals surface area (Å²) in [6, 6.07) is 0. The highest BCUT2D eigenvalue weighted by molar-refractivity contribution is 5.77. The Bertz CT molecular complexity index is 131. The first-order chi connectivity index (χ1) is 6.31. The lowest BCUT2D eigenvalue weighted by Crippen LogP contribution is -2.30. The SMILES string of the molecule is COCC(=O)NCCOCCCN. The van der Waals surface area contributed by atoms with Gasteiger partial charge in [0, 0.05) is 20.3 Å². The lowest BCUT2D eigenvalue weighted by molar-refractivity contribution is -0.124. The van der Waals surface area contributed by atoms with Gasteiger partial charge in [0.2, 0.25) is 5.91 Å². The normalized spacial score (nSPS) is 10.0. The molecule has 0 unspecified atom stereocenters. The zero-order valence-electron chi connectivity index (χ0n) is 8.04. The fourth-order valence-electron chi connectivity index (χ4n) is 0.732. The molecular weight excluding hydrogens is 172 g/mol. The minimum atomic E-state index is -0.120. The lowest BCUT2D eigenvalue weighted by atomic mass is 10.5. The fourth-order valence-corrected chi connectivity index (χ4v) is 0.732. The van der Waals surface area contributed by atoms with Crippen molar-refractivity contribution >= 4 is 5.91 Å². The standard InChI is InChI=1S/C8H18N2O3/c1-12-7-8(11)10-4-6-13-5-2-3-9/h2-7,9H2,1H3,(H,10,11). The smallest absolute Gasteiger partial charge is 0.246 e. The van der Waals surface area contributed by atoms with Crippen LogP contribution >= 0.6 is 0 Å². The molecule has 0 aliphatic carbocycles. The summed E-state index contributed by atoms with van der Waals surface area (Å²) in [5.74, 6) is -0.120. The van der Waals surface area contributed by atoms with Crippen LogP contribution < -0.4 is 11.1 Å². The van der Waals surface area contributed by atoms with E-state index in [-0.39, 0.29) is 12.5 Å². The van der Waals surface area contributed by atoms with Gasteiger partial charge in [0.25, 0.3) is 0 Å². The van der Waals surface area contributed by atoms with Crippen LogP contribution in [0, 0.1) is 0 Å². The Morgan fingerprint density at radius 2 is 2.23 bits per heavy atom. The predicted molar refractivity (Wildman–Crippen MR) is 49.4 cm³/mol. The number of ether oxygens (including phenoxy) is 2. The van der Waals surface area contributed by atoms with Crippen LogP contribution in [0.5, 0.6) is 0 Å². The third-order valence-electron chi connectivity index (χ3n) is 1.34. The molecule has 0 fully saturated rings. The van der Waals surface area contributed by atoms with Crippen LogP contribution in [0.4, 0.5) is 0 Å². The summed E-state index contributed by atoms with van der Waals surface area (Å²) in [6.45, 7) is 2.43. The Morgan fingerprint density at radius 1 is 1.46 bits per heavy atom. The third kappa shape index (κ3) is 9.26. The summed E-state index contributed by atoms with van der Waals surface area (Å²) < 4.78 is 9.80. The van der Waals surface area contributed by atoms with Gasteiger partial charge in [-0.15, -0.1) is 0 Å². The Hall–Kier alpha value is -0.650. The number of hydrogen-bond donors (Lipinski definition) is 2. The molecule has 0 aromatic rings. The number of nitrogens with two attached hydrogens (primary N) is 1. The van der Waals surface area contributed by atoms with Crippen molar-refractivity contribution in [3.8, 4) is 0 Å². The van der Waals surface area contributed by atoms with Crippen molar-refractivity contribution in [1.82, 2.24) is 5.32 Å². The molecule has 3 N–H and O–H groups in total. The molecule has 0 radical (unpaired) electrons. The van der Waals surface area contributed by atoms with Gasteiger partial charge in [0.15, 0.2) is 0 Å². The van der Waals surface area contributed by atoms with Crippen molar-refractivity contribution in [3.63, 3.8) is 0 Å². The molecule has 1 amide bonds. The molecule has 0 spiro atoms. The summed E-state index contributed by atoms with van der Waals surface area (Å²) in [5, 5.41) is 2.64. The van der Waals surface area contributed by atoms with Crippen molar-refractivity contribution in [1.29, 1.82) is 0 Å². The fraction of sp³-hybridized carbons (Fsp3) is 0.875. The molecule has 0 aromatic carbocycles. The minimum absolute atomic E-state index is 0.1000. The third-order valence-corrected chi connectivity index (χ3v) is 1.34. The van der Waals surface area contributed by atoms with E-state index in [9.17, 15) is 4.79 Å². The largest absolute Gasteiger partial charge is 0.380 e. The number of carbonyl (C=O) groups excluding carboxylic acids is 1. The topological polar surface area (TPSA) is 73.6 Å². The maximum Gasteiger partial charge on any atom is 0.246 e. The lowest BCUT2D eigenvalue weighted by Gasteiger charge is -2.04. The molecule has 0 aliphatic heterocycles. The van der Waals surface area contributed by atoms with Gasteiger partial charge in [-0.25, -0.2) is 0 Å². The Kier molecular flexibility index (Phi) is 8.97. The Balaban J connectivity index is 3.02. The number of nitrogens with one attached hydrogen (secondary N) is 1. The van der Waals surface area contributed by atoms with Crippen LogP contribution in [0.1, 0.15) is 6.42 Å². The molecular formula is C8H18N2O3. The van der Waals surface area contributed by atoms with Crippen molar-refractivity contribution < 1.29 is 14.3 Å². The molecule has 5 nitrogen and oxygen atoms in total. The first-order valence-corrected chi connectivity index (χ1v) is 4.34. The van der Waals surface area contributed by atoms with Gasteiger partial charge < -0.3 is 20.5 Å². The number of carbonyl (C=O) groups is 1. The van der Waals surface area contributed by atoms with E-state index in [1.165, 1.54) is 7.11 Å². The Labute approximate surface area is 78.6 Å². The second-order valence-electron chi connectivity index (χ2n) is 2.54. The minimum Gasteiger partial charge on any atom is -0.380 e. The van der Waals surface area contributed by atoms with Crippen LogP contribution in [0.15, 0.2) is 0 Å². The van der Waals surface area contributed by atoms with E-state index in [4.69, 9.17) is 10.5 Å². The van der Waals surface area contributed by atoms with E-state index in [0.717, 1.165) is 6.42 Å². The summed E-state index contributed by atoms with van der Waals surface area (Å²) in [4.78, 5) is 10.8. The maximum absolute atomic E-state index is 10.8.